The number of H-pyrrole nitrogens is 1. The Kier molecular flexibility index (Phi) is 2.70. The summed E-state index contributed by atoms with van der Waals surface area (Å²) in [4.78, 5) is 16.7. The van der Waals surface area contributed by atoms with E-state index in [2.05, 4.69) is 10.1 Å². The second kappa shape index (κ2) is 4.24. The van der Waals surface area contributed by atoms with Gasteiger partial charge < -0.3 is 4.74 Å². The van der Waals surface area contributed by atoms with Gasteiger partial charge in [-0.15, -0.1) is 0 Å². The molecule has 1 N–H and O–H groups in total. The predicted octanol–water partition coefficient (Wildman–Crippen LogP) is 1.53. The van der Waals surface area contributed by atoms with E-state index >= 15 is 0 Å². The third kappa shape index (κ3) is 1.75. The highest BCUT2D eigenvalue weighted by Gasteiger charge is 2.20. The summed E-state index contributed by atoms with van der Waals surface area (Å²) in [6, 6.07) is 1.95. The average Bonchev–Trinajstić information content (AvgIpc) is 2.81. The maximum absolute atomic E-state index is 12.1. The molecule has 5 nitrogen and oxygen atoms in total. The van der Waals surface area contributed by atoms with Crippen molar-refractivity contribution in [3.63, 3.8) is 0 Å². The lowest BCUT2D eigenvalue weighted by Gasteiger charge is -2.19. The third-order valence-electron chi connectivity index (χ3n) is 3.76. The number of nitrogens with zero attached hydrogens (tertiary/aromatic N) is 2. The highest BCUT2D eigenvalue weighted by molar-refractivity contribution is 5.43. The van der Waals surface area contributed by atoms with Crippen LogP contribution in [0, 0.1) is 13.8 Å². The molecule has 1 aliphatic rings. The van der Waals surface area contributed by atoms with E-state index in [9.17, 15) is 4.79 Å². The van der Waals surface area contributed by atoms with Crippen LogP contribution in [0.1, 0.15) is 35.7 Å². The van der Waals surface area contributed by atoms with Crippen molar-refractivity contribution < 1.29 is 4.74 Å². The van der Waals surface area contributed by atoms with Gasteiger partial charge in [0.25, 0.3) is 5.56 Å². The molecule has 0 aromatic carbocycles. The molecule has 0 saturated carbocycles. The van der Waals surface area contributed by atoms with Gasteiger partial charge in [-0.3, -0.25) is 9.89 Å². The Hall–Kier alpha value is -1.62. The van der Waals surface area contributed by atoms with Crippen LogP contribution in [-0.2, 0) is 4.74 Å². The molecule has 1 saturated heterocycles. The van der Waals surface area contributed by atoms with E-state index in [0.717, 1.165) is 43.0 Å². The molecule has 1 fully saturated rings. The van der Waals surface area contributed by atoms with Gasteiger partial charge in [0.05, 0.1) is 0 Å². The van der Waals surface area contributed by atoms with Gasteiger partial charge in [0.1, 0.15) is 5.82 Å². The molecule has 0 radical (unpaired) electrons. The molecule has 1 aliphatic heterocycles. The number of fused-ring (bicyclic) bond motifs is 1. The Morgan fingerprint density at radius 1 is 1.39 bits per heavy atom. The minimum Gasteiger partial charge on any atom is -0.381 e. The van der Waals surface area contributed by atoms with Crippen LogP contribution in [-0.4, -0.2) is 27.8 Å². The largest absolute Gasteiger partial charge is 0.381 e. The zero-order valence-electron chi connectivity index (χ0n) is 10.7. The molecular weight excluding hydrogens is 230 g/mol. The fourth-order valence-corrected chi connectivity index (χ4v) is 2.41. The number of hydrogen-bond donors (Lipinski definition) is 1. The lowest BCUT2D eigenvalue weighted by Crippen LogP contribution is -2.19. The van der Waals surface area contributed by atoms with Crippen LogP contribution in [0.2, 0.25) is 0 Å². The molecule has 18 heavy (non-hydrogen) atoms. The lowest BCUT2D eigenvalue weighted by atomic mass is 10.00. The summed E-state index contributed by atoms with van der Waals surface area (Å²) in [6.07, 6.45) is 1.93. The molecular formula is C13H17N3O2. The molecule has 2 aromatic rings. The molecule has 0 aliphatic carbocycles. The van der Waals surface area contributed by atoms with Crippen LogP contribution >= 0.6 is 0 Å². The molecule has 96 valence electrons. The Labute approximate surface area is 105 Å². The standard InChI is InChI=1S/C13H17N3O2/c1-8-7-11-14-12(10-3-5-18-6-4-10)15-16(11)13(17)9(8)2/h7,10H,3-6H2,1-2H3,(H,14,15). The number of nitrogens with one attached hydrogen (secondary N) is 1. The van der Waals surface area contributed by atoms with Crippen LogP contribution in [0.15, 0.2) is 10.9 Å². The Bertz CT molecular complexity index is 635. The fourth-order valence-electron chi connectivity index (χ4n) is 2.41. The van der Waals surface area contributed by atoms with Crippen molar-refractivity contribution in [1.29, 1.82) is 0 Å². The summed E-state index contributed by atoms with van der Waals surface area (Å²) < 4.78 is 6.90. The summed E-state index contributed by atoms with van der Waals surface area (Å²) in [6.45, 7) is 5.34. The zero-order chi connectivity index (χ0) is 12.7. The summed E-state index contributed by atoms with van der Waals surface area (Å²) in [7, 11) is 0. The number of aromatic nitrogens is 3. The minimum atomic E-state index is -0.00388. The molecule has 0 atom stereocenters. The van der Waals surface area contributed by atoms with E-state index in [1.807, 2.05) is 19.9 Å². The summed E-state index contributed by atoms with van der Waals surface area (Å²) in [5, 5.41) is 3.14. The van der Waals surface area contributed by atoms with Gasteiger partial charge in [-0.2, -0.15) is 4.52 Å². The zero-order valence-corrected chi connectivity index (χ0v) is 10.7. The highest BCUT2D eigenvalue weighted by atomic mass is 16.5. The second-order valence-corrected chi connectivity index (χ2v) is 4.95. The van der Waals surface area contributed by atoms with Crippen molar-refractivity contribution in [3.05, 3.63) is 33.4 Å². The molecule has 2 aromatic heterocycles. The molecule has 3 rings (SSSR count). The highest BCUT2D eigenvalue weighted by Crippen LogP contribution is 2.24. The number of aryl methyl sites for hydroxylation is 1. The van der Waals surface area contributed by atoms with E-state index in [1.165, 1.54) is 0 Å². The van der Waals surface area contributed by atoms with Gasteiger partial charge in [-0.25, -0.2) is 4.98 Å². The Morgan fingerprint density at radius 3 is 2.83 bits per heavy atom. The smallest absolute Gasteiger partial charge is 0.274 e. The Balaban J connectivity index is 2.10. The van der Waals surface area contributed by atoms with Gasteiger partial charge in [-0.1, -0.05) is 0 Å². The van der Waals surface area contributed by atoms with Crippen LogP contribution in [0.25, 0.3) is 5.65 Å². The topological polar surface area (TPSA) is 59.4 Å². The minimum absolute atomic E-state index is 0.00388. The number of hydrogen-bond acceptors (Lipinski definition) is 3. The first-order valence-corrected chi connectivity index (χ1v) is 6.33. The number of rotatable bonds is 1. The summed E-state index contributed by atoms with van der Waals surface area (Å²) in [5.74, 6) is 1.28. The number of ether oxygens (including phenoxy) is 1. The van der Waals surface area contributed by atoms with Crippen molar-refractivity contribution in [1.82, 2.24) is 14.6 Å². The van der Waals surface area contributed by atoms with Crippen molar-refractivity contribution in [2.24, 2.45) is 0 Å². The first-order chi connectivity index (χ1) is 8.66. The molecule has 0 spiro atoms. The van der Waals surface area contributed by atoms with Crippen LogP contribution < -0.4 is 5.56 Å². The number of aromatic amines is 1. The molecule has 5 heteroatoms. The van der Waals surface area contributed by atoms with Crippen molar-refractivity contribution >= 4 is 5.65 Å². The monoisotopic (exact) mass is 247 g/mol. The molecule has 0 unspecified atom stereocenters. The van der Waals surface area contributed by atoms with E-state index in [1.54, 1.807) is 4.52 Å². The van der Waals surface area contributed by atoms with E-state index in [-0.39, 0.29) is 5.56 Å². The summed E-state index contributed by atoms with van der Waals surface area (Å²) in [5.41, 5.74) is 2.47. The van der Waals surface area contributed by atoms with Crippen molar-refractivity contribution in [2.75, 3.05) is 13.2 Å². The van der Waals surface area contributed by atoms with Crippen LogP contribution in [0.3, 0.4) is 0 Å². The lowest BCUT2D eigenvalue weighted by molar-refractivity contribution is 0.0836. The fraction of sp³-hybridized carbons (Fsp3) is 0.538. The maximum atomic E-state index is 12.1. The predicted molar refractivity (Wildman–Crippen MR) is 68.1 cm³/mol. The second-order valence-electron chi connectivity index (χ2n) is 4.95. The average molecular weight is 247 g/mol. The van der Waals surface area contributed by atoms with Crippen molar-refractivity contribution in [2.45, 2.75) is 32.6 Å². The van der Waals surface area contributed by atoms with Gasteiger partial charge >= 0.3 is 0 Å². The first-order valence-electron chi connectivity index (χ1n) is 6.33. The maximum Gasteiger partial charge on any atom is 0.274 e. The molecule has 0 bridgehead atoms. The van der Waals surface area contributed by atoms with Gasteiger partial charge in [0.2, 0.25) is 0 Å². The normalized spacial score (nSPS) is 17.4. The van der Waals surface area contributed by atoms with E-state index in [0.29, 0.717) is 11.6 Å². The van der Waals surface area contributed by atoms with Gasteiger partial charge in [0.15, 0.2) is 5.65 Å². The van der Waals surface area contributed by atoms with Crippen LogP contribution in [0.4, 0.5) is 0 Å². The summed E-state index contributed by atoms with van der Waals surface area (Å²) >= 11 is 0. The SMILES string of the molecule is Cc1cc2nc(C3CCOCC3)[nH]n2c(=O)c1C. The van der Waals surface area contributed by atoms with Crippen LogP contribution in [0.5, 0.6) is 0 Å². The Morgan fingerprint density at radius 2 is 2.11 bits per heavy atom. The molecule has 3 heterocycles. The van der Waals surface area contributed by atoms with Crippen molar-refractivity contribution in [3.8, 4) is 0 Å². The van der Waals surface area contributed by atoms with E-state index < -0.39 is 0 Å². The number of pyridine rings is 1. The molecule has 0 amide bonds. The van der Waals surface area contributed by atoms with E-state index in [4.69, 9.17) is 4.74 Å². The van der Waals surface area contributed by atoms with Gasteiger partial charge in [0, 0.05) is 24.7 Å². The quantitative estimate of drug-likeness (QED) is 0.831. The first kappa shape index (κ1) is 11.5. The third-order valence-corrected chi connectivity index (χ3v) is 3.76. The van der Waals surface area contributed by atoms with Gasteiger partial charge in [-0.05, 0) is 38.3 Å².